The molecule has 0 aromatic heterocycles. The summed E-state index contributed by atoms with van der Waals surface area (Å²) in [6.45, 7) is 2.00. The lowest BCUT2D eigenvalue weighted by molar-refractivity contribution is -0.122. The maximum Gasteiger partial charge on any atom is 0.257 e. The monoisotopic (exact) mass is 268 g/mol. The minimum absolute atomic E-state index is 0.0323. The van der Waals surface area contributed by atoms with Gasteiger partial charge in [0.2, 0.25) is 5.91 Å². The summed E-state index contributed by atoms with van der Waals surface area (Å²) < 4.78 is 23.7. The van der Waals surface area contributed by atoms with Crippen LogP contribution < -0.4 is 10.3 Å². The third-order valence-corrected chi connectivity index (χ3v) is 4.16. The number of carbonyl (C=O) groups is 1. The number of carbonyl (C=O) groups excluding carboxylic acids is 1. The Morgan fingerprint density at radius 1 is 1.28 bits per heavy atom. The van der Waals surface area contributed by atoms with Crippen LogP contribution in [0.5, 0.6) is 0 Å². The van der Waals surface area contributed by atoms with E-state index in [-0.39, 0.29) is 16.7 Å². The number of rotatable bonds is 5. The van der Waals surface area contributed by atoms with Gasteiger partial charge in [0, 0.05) is 5.92 Å². The maximum absolute atomic E-state index is 11.9. The van der Waals surface area contributed by atoms with Crippen LogP contribution in [0.4, 0.5) is 0 Å². The molecule has 0 bridgehead atoms. The minimum Gasteiger partial charge on any atom is -0.277 e. The minimum atomic E-state index is -3.67. The van der Waals surface area contributed by atoms with Gasteiger partial charge in [-0.15, -0.1) is 4.83 Å². The summed E-state index contributed by atoms with van der Waals surface area (Å²) in [5.74, 6) is -0.293. The summed E-state index contributed by atoms with van der Waals surface area (Å²) in [6.07, 6.45) is 2.52. The molecule has 2 rings (SSSR count). The van der Waals surface area contributed by atoms with Gasteiger partial charge in [-0.25, -0.2) is 8.42 Å². The van der Waals surface area contributed by atoms with Crippen molar-refractivity contribution in [3.8, 4) is 0 Å². The van der Waals surface area contributed by atoms with Gasteiger partial charge in [0.1, 0.15) is 0 Å². The van der Waals surface area contributed by atoms with Crippen molar-refractivity contribution in [1.29, 1.82) is 0 Å². The lowest BCUT2D eigenvalue weighted by Gasteiger charge is -2.08. The molecule has 1 aliphatic rings. The lowest BCUT2D eigenvalue weighted by atomic mass is 10.2. The molecule has 1 aromatic rings. The second kappa shape index (κ2) is 5.07. The second-order valence-electron chi connectivity index (χ2n) is 4.37. The molecule has 0 aliphatic heterocycles. The number of nitrogens with one attached hydrogen (secondary N) is 2. The van der Waals surface area contributed by atoms with Crippen molar-refractivity contribution in [3.05, 3.63) is 29.8 Å². The van der Waals surface area contributed by atoms with Crippen molar-refractivity contribution in [2.75, 3.05) is 0 Å². The average molecular weight is 268 g/mol. The van der Waals surface area contributed by atoms with Gasteiger partial charge < -0.3 is 0 Å². The lowest BCUT2D eigenvalue weighted by Crippen LogP contribution is -2.42. The zero-order chi connectivity index (χ0) is 13.2. The first-order chi connectivity index (χ1) is 8.53. The molecule has 1 amide bonds. The molecule has 1 fully saturated rings. The number of benzene rings is 1. The van der Waals surface area contributed by atoms with Gasteiger partial charge in [0.15, 0.2) is 0 Å². The molecule has 0 unspecified atom stereocenters. The molecule has 98 valence electrons. The van der Waals surface area contributed by atoms with Crippen LogP contribution in [-0.4, -0.2) is 14.3 Å². The third kappa shape index (κ3) is 3.08. The summed E-state index contributed by atoms with van der Waals surface area (Å²) in [5, 5.41) is 0. The van der Waals surface area contributed by atoms with Gasteiger partial charge >= 0.3 is 0 Å². The predicted octanol–water partition coefficient (Wildman–Crippen LogP) is 0.968. The normalized spacial score (nSPS) is 15.4. The van der Waals surface area contributed by atoms with Crippen molar-refractivity contribution in [1.82, 2.24) is 10.3 Å². The van der Waals surface area contributed by atoms with Gasteiger partial charge in [-0.05, 0) is 37.0 Å². The molecule has 6 heteroatoms. The first-order valence-electron chi connectivity index (χ1n) is 5.93. The Kier molecular flexibility index (Phi) is 3.68. The van der Waals surface area contributed by atoms with Crippen molar-refractivity contribution in [3.63, 3.8) is 0 Å². The van der Waals surface area contributed by atoms with Gasteiger partial charge in [-0.1, -0.05) is 19.1 Å². The Bertz CT molecular complexity index is 533. The smallest absolute Gasteiger partial charge is 0.257 e. The summed E-state index contributed by atoms with van der Waals surface area (Å²) in [7, 11) is -3.67. The van der Waals surface area contributed by atoms with Crippen molar-refractivity contribution < 1.29 is 13.2 Å². The Labute approximate surface area is 107 Å². The Balaban J connectivity index is 2.02. The van der Waals surface area contributed by atoms with Crippen LogP contribution in [0.3, 0.4) is 0 Å². The fourth-order valence-corrected chi connectivity index (χ4v) is 2.38. The Hall–Kier alpha value is -1.40. The molecule has 0 radical (unpaired) electrons. The maximum atomic E-state index is 11.9. The molecule has 5 nitrogen and oxygen atoms in total. The first kappa shape index (κ1) is 13.0. The number of hydrazine groups is 1. The summed E-state index contributed by atoms with van der Waals surface area (Å²) in [5.41, 5.74) is 3.30. The first-order valence-corrected chi connectivity index (χ1v) is 7.42. The molecule has 18 heavy (non-hydrogen) atoms. The topological polar surface area (TPSA) is 75.3 Å². The summed E-state index contributed by atoms with van der Waals surface area (Å²) in [4.78, 5) is 13.6. The highest BCUT2D eigenvalue weighted by atomic mass is 32.2. The van der Waals surface area contributed by atoms with Gasteiger partial charge in [0.05, 0.1) is 4.90 Å². The quantitative estimate of drug-likeness (QED) is 0.781. The highest BCUT2D eigenvalue weighted by Gasteiger charge is 2.30. The van der Waals surface area contributed by atoms with Gasteiger partial charge in [-0.3, -0.25) is 10.2 Å². The van der Waals surface area contributed by atoms with E-state index in [2.05, 4.69) is 10.3 Å². The zero-order valence-electron chi connectivity index (χ0n) is 10.1. The van der Waals surface area contributed by atoms with Gasteiger partial charge in [-0.2, -0.15) is 0 Å². The summed E-state index contributed by atoms with van der Waals surface area (Å²) >= 11 is 0. The second-order valence-corrected chi connectivity index (χ2v) is 6.05. The van der Waals surface area contributed by atoms with E-state index >= 15 is 0 Å². The SMILES string of the molecule is CCc1ccc(S(=O)(=O)NNC(=O)C2CC2)cc1. The zero-order valence-corrected chi connectivity index (χ0v) is 11.0. The van der Waals surface area contributed by atoms with E-state index in [9.17, 15) is 13.2 Å². The van der Waals surface area contributed by atoms with Gasteiger partial charge in [0.25, 0.3) is 10.0 Å². The number of hydrogen-bond donors (Lipinski definition) is 2. The Morgan fingerprint density at radius 2 is 1.89 bits per heavy atom. The molecule has 0 spiro atoms. The van der Waals surface area contributed by atoms with E-state index in [0.29, 0.717) is 0 Å². The molecule has 0 atom stereocenters. The van der Waals surface area contributed by atoms with E-state index in [4.69, 9.17) is 0 Å². The van der Waals surface area contributed by atoms with Crippen LogP contribution in [0.2, 0.25) is 0 Å². The van der Waals surface area contributed by atoms with E-state index in [0.717, 1.165) is 24.8 Å². The van der Waals surface area contributed by atoms with Crippen LogP contribution >= 0.6 is 0 Å². The van der Waals surface area contributed by atoms with E-state index in [1.54, 1.807) is 12.1 Å². The standard InChI is InChI=1S/C12H16N2O3S/c1-2-9-3-7-11(8-4-9)18(16,17)14-13-12(15)10-5-6-10/h3-4,7-8,10,14H,2,5-6H2,1H3,(H,13,15). The van der Waals surface area contributed by atoms with Crippen LogP contribution in [-0.2, 0) is 21.2 Å². The number of aryl methyl sites for hydroxylation is 1. The summed E-state index contributed by atoms with van der Waals surface area (Å²) in [6, 6.07) is 6.59. The van der Waals surface area contributed by atoms with E-state index in [1.165, 1.54) is 12.1 Å². The van der Waals surface area contributed by atoms with Crippen LogP contribution in [0.25, 0.3) is 0 Å². The van der Waals surface area contributed by atoms with Crippen LogP contribution in [0.15, 0.2) is 29.2 Å². The number of amides is 1. The molecule has 1 aromatic carbocycles. The van der Waals surface area contributed by atoms with Crippen LogP contribution in [0, 0.1) is 5.92 Å². The molecule has 0 saturated heterocycles. The van der Waals surface area contributed by atoms with E-state index in [1.807, 2.05) is 6.92 Å². The largest absolute Gasteiger partial charge is 0.277 e. The molecule has 2 N–H and O–H groups in total. The van der Waals surface area contributed by atoms with Crippen molar-refractivity contribution in [2.24, 2.45) is 5.92 Å². The third-order valence-electron chi connectivity index (χ3n) is 2.90. The molecule has 1 saturated carbocycles. The van der Waals surface area contributed by atoms with E-state index < -0.39 is 10.0 Å². The van der Waals surface area contributed by atoms with Crippen molar-refractivity contribution in [2.45, 2.75) is 31.1 Å². The molecule has 0 heterocycles. The molecular weight excluding hydrogens is 252 g/mol. The highest BCUT2D eigenvalue weighted by molar-refractivity contribution is 7.89. The number of sulfonamides is 1. The average Bonchev–Trinajstić information content (AvgIpc) is 3.20. The predicted molar refractivity (Wildman–Crippen MR) is 67.0 cm³/mol. The molecule has 1 aliphatic carbocycles. The molecular formula is C12H16N2O3S. The van der Waals surface area contributed by atoms with Crippen molar-refractivity contribution >= 4 is 15.9 Å². The Morgan fingerprint density at radius 3 is 2.39 bits per heavy atom. The highest BCUT2D eigenvalue weighted by Crippen LogP contribution is 2.28. The van der Waals surface area contributed by atoms with Crippen LogP contribution in [0.1, 0.15) is 25.3 Å². The number of hydrogen-bond acceptors (Lipinski definition) is 3. The fraction of sp³-hybridized carbons (Fsp3) is 0.417. The fourth-order valence-electron chi connectivity index (χ4n) is 1.53.